The molecule has 2 aliphatic rings. The summed E-state index contributed by atoms with van der Waals surface area (Å²) >= 11 is 0. The highest BCUT2D eigenvalue weighted by Crippen LogP contribution is 2.39. The summed E-state index contributed by atoms with van der Waals surface area (Å²) in [5.41, 5.74) is 5.55. The number of carbonyl (C=O) groups excluding carboxylic acids is 1. The molecule has 6 heteroatoms. The third-order valence-electron chi connectivity index (χ3n) is 7.00. The summed E-state index contributed by atoms with van der Waals surface area (Å²) in [6.45, 7) is 8.21. The monoisotopic (exact) mass is 467 g/mol. The number of nitrogens with zero attached hydrogens (tertiary/aromatic N) is 3. The van der Waals surface area contributed by atoms with Crippen LogP contribution < -0.4 is 14.4 Å². The molecule has 0 N–H and O–H groups in total. The summed E-state index contributed by atoms with van der Waals surface area (Å²) in [5.74, 6) is 2.47. The lowest BCUT2D eigenvalue weighted by atomic mass is 9.87. The quantitative estimate of drug-likeness (QED) is 0.390. The Morgan fingerprint density at radius 3 is 2.54 bits per heavy atom. The molecule has 3 aromatic carbocycles. The van der Waals surface area contributed by atoms with Gasteiger partial charge in [0.1, 0.15) is 5.82 Å². The van der Waals surface area contributed by atoms with E-state index in [1.807, 2.05) is 41.3 Å². The highest BCUT2D eigenvalue weighted by molar-refractivity contribution is 5.97. The zero-order valence-corrected chi connectivity index (χ0v) is 20.3. The molecule has 0 aliphatic carbocycles. The molecule has 6 nitrogen and oxygen atoms in total. The number of rotatable bonds is 4. The lowest BCUT2D eigenvalue weighted by Crippen LogP contribution is -2.24. The Balaban J connectivity index is 1.32. The first-order valence-corrected chi connectivity index (χ1v) is 12.1. The molecule has 0 saturated carbocycles. The highest BCUT2D eigenvalue weighted by Gasteiger charge is 2.35. The van der Waals surface area contributed by atoms with Crippen LogP contribution in [0.5, 0.6) is 11.5 Å². The molecule has 1 saturated heterocycles. The second-order valence-corrected chi connectivity index (χ2v) is 10.4. The number of benzene rings is 3. The second kappa shape index (κ2) is 8.15. The molecular weight excluding hydrogens is 438 g/mol. The first-order valence-electron chi connectivity index (χ1n) is 12.1. The fourth-order valence-electron chi connectivity index (χ4n) is 5.05. The van der Waals surface area contributed by atoms with Crippen molar-refractivity contribution in [2.45, 2.75) is 45.1 Å². The topological polar surface area (TPSA) is 56.6 Å². The molecule has 4 aromatic rings. The van der Waals surface area contributed by atoms with E-state index in [9.17, 15) is 4.79 Å². The summed E-state index contributed by atoms with van der Waals surface area (Å²) < 4.78 is 13.2. The summed E-state index contributed by atoms with van der Waals surface area (Å²) in [7, 11) is 0. The van der Waals surface area contributed by atoms with Crippen molar-refractivity contribution in [2.75, 3.05) is 18.2 Å². The number of imidazole rings is 1. The Morgan fingerprint density at radius 1 is 0.971 bits per heavy atom. The number of anilines is 1. The van der Waals surface area contributed by atoms with Gasteiger partial charge in [-0.15, -0.1) is 0 Å². The van der Waals surface area contributed by atoms with Crippen LogP contribution in [0, 0.1) is 0 Å². The molecule has 178 valence electrons. The third-order valence-corrected chi connectivity index (χ3v) is 7.00. The average Bonchev–Trinajstić information content (AvgIpc) is 3.55. The molecule has 1 amide bonds. The maximum absolute atomic E-state index is 13.1. The number of ether oxygens (including phenoxy) is 2. The van der Waals surface area contributed by atoms with Crippen molar-refractivity contribution in [3.05, 3.63) is 83.7 Å². The van der Waals surface area contributed by atoms with E-state index in [1.54, 1.807) is 0 Å². The molecule has 1 atom stereocenters. The van der Waals surface area contributed by atoms with E-state index in [2.05, 4.69) is 55.7 Å². The van der Waals surface area contributed by atoms with Crippen LogP contribution in [0.3, 0.4) is 0 Å². The van der Waals surface area contributed by atoms with E-state index in [0.717, 1.165) is 34.8 Å². The van der Waals surface area contributed by atoms with Crippen molar-refractivity contribution in [2.24, 2.45) is 0 Å². The molecule has 2 aliphatic heterocycles. The molecule has 1 fully saturated rings. The first-order chi connectivity index (χ1) is 16.9. The number of para-hydroxylation sites is 2. The Hall–Kier alpha value is -3.80. The van der Waals surface area contributed by atoms with Gasteiger partial charge in [-0.05, 0) is 40.8 Å². The number of amides is 1. The van der Waals surface area contributed by atoms with Gasteiger partial charge in [-0.25, -0.2) is 4.98 Å². The van der Waals surface area contributed by atoms with Crippen molar-refractivity contribution in [1.82, 2.24) is 9.55 Å². The first kappa shape index (κ1) is 21.7. The van der Waals surface area contributed by atoms with Crippen LogP contribution in [-0.2, 0) is 16.8 Å². The normalized spacial score (nSPS) is 17.5. The van der Waals surface area contributed by atoms with Crippen LogP contribution in [0.2, 0.25) is 0 Å². The zero-order chi connectivity index (χ0) is 24.2. The molecule has 35 heavy (non-hydrogen) atoms. The second-order valence-electron chi connectivity index (χ2n) is 10.4. The van der Waals surface area contributed by atoms with Gasteiger partial charge < -0.3 is 18.9 Å². The predicted octanol–water partition coefficient (Wildman–Crippen LogP) is 5.63. The predicted molar refractivity (Wildman–Crippen MR) is 136 cm³/mol. The van der Waals surface area contributed by atoms with E-state index < -0.39 is 0 Å². The maximum Gasteiger partial charge on any atom is 0.231 e. The van der Waals surface area contributed by atoms with Crippen LogP contribution in [0.25, 0.3) is 11.0 Å². The van der Waals surface area contributed by atoms with E-state index in [1.165, 1.54) is 11.1 Å². The molecular formula is C29H29N3O3. The number of fused-ring (bicyclic) bond motifs is 2. The number of aromatic nitrogens is 2. The largest absolute Gasteiger partial charge is 0.454 e. The summed E-state index contributed by atoms with van der Waals surface area (Å²) in [4.78, 5) is 19.9. The van der Waals surface area contributed by atoms with Crippen molar-refractivity contribution in [3.8, 4) is 11.5 Å². The molecule has 1 aromatic heterocycles. The molecule has 0 spiro atoms. The van der Waals surface area contributed by atoms with Gasteiger partial charge in [-0.3, -0.25) is 4.79 Å². The van der Waals surface area contributed by atoms with Gasteiger partial charge in [-0.2, -0.15) is 0 Å². The van der Waals surface area contributed by atoms with Crippen LogP contribution >= 0.6 is 0 Å². The minimum absolute atomic E-state index is 0.00849. The zero-order valence-electron chi connectivity index (χ0n) is 20.3. The van der Waals surface area contributed by atoms with E-state index in [4.69, 9.17) is 14.5 Å². The average molecular weight is 468 g/mol. The maximum atomic E-state index is 13.1. The summed E-state index contributed by atoms with van der Waals surface area (Å²) in [6, 6.07) is 22.8. The Kier molecular flexibility index (Phi) is 5.06. The summed E-state index contributed by atoms with van der Waals surface area (Å²) in [6.07, 6.45) is 0.431. The number of carbonyl (C=O) groups is 1. The minimum Gasteiger partial charge on any atom is -0.454 e. The van der Waals surface area contributed by atoms with Crippen LogP contribution in [0.15, 0.2) is 66.7 Å². The lowest BCUT2D eigenvalue weighted by molar-refractivity contribution is -0.117. The van der Waals surface area contributed by atoms with Crippen molar-refractivity contribution in [3.63, 3.8) is 0 Å². The third kappa shape index (κ3) is 3.93. The molecule has 0 radical (unpaired) electrons. The molecule has 3 heterocycles. The van der Waals surface area contributed by atoms with Gasteiger partial charge in [0.15, 0.2) is 11.5 Å². The van der Waals surface area contributed by atoms with Crippen LogP contribution in [-0.4, -0.2) is 28.8 Å². The highest BCUT2D eigenvalue weighted by atomic mass is 16.7. The summed E-state index contributed by atoms with van der Waals surface area (Å²) in [5, 5.41) is 0. The lowest BCUT2D eigenvalue weighted by Gasteiger charge is -2.20. The smallest absolute Gasteiger partial charge is 0.231 e. The number of hydrogen-bond acceptors (Lipinski definition) is 4. The van der Waals surface area contributed by atoms with Crippen LogP contribution in [0.4, 0.5) is 5.69 Å². The molecule has 6 rings (SSSR count). The van der Waals surface area contributed by atoms with Gasteiger partial charge in [0.25, 0.3) is 0 Å². The number of hydrogen-bond donors (Lipinski definition) is 0. The van der Waals surface area contributed by atoms with Gasteiger partial charge in [-0.1, -0.05) is 57.2 Å². The van der Waals surface area contributed by atoms with Crippen molar-refractivity contribution in [1.29, 1.82) is 0 Å². The van der Waals surface area contributed by atoms with Gasteiger partial charge >= 0.3 is 0 Å². The molecule has 1 unspecified atom stereocenters. The van der Waals surface area contributed by atoms with Gasteiger partial charge in [0.2, 0.25) is 12.7 Å². The minimum atomic E-state index is 0.00849. The van der Waals surface area contributed by atoms with Gasteiger partial charge in [0.05, 0.1) is 11.0 Å². The Labute approximate surface area is 205 Å². The van der Waals surface area contributed by atoms with E-state index in [0.29, 0.717) is 18.7 Å². The Morgan fingerprint density at radius 2 is 1.74 bits per heavy atom. The Bertz CT molecular complexity index is 1420. The van der Waals surface area contributed by atoms with Crippen molar-refractivity contribution >= 4 is 22.6 Å². The SMILES string of the molecule is CC(C)(C)c1ccc(Cn2c(C3CC(=O)N(c4ccc5c(c4)OCO5)C3)nc3ccccc32)cc1. The fourth-order valence-corrected chi connectivity index (χ4v) is 5.05. The van der Waals surface area contributed by atoms with Crippen LogP contribution in [0.1, 0.15) is 50.1 Å². The molecule has 0 bridgehead atoms. The van der Waals surface area contributed by atoms with Gasteiger partial charge in [0, 0.05) is 37.2 Å². The fraction of sp³-hybridized carbons (Fsp3) is 0.310. The standard InChI is InChI=1S/C29H29N3O3/c1-29(2,3)21-10-8-19(9-11-21)16-32-24-7-5-4-6-23(24)30-28(32)20-14-27(33)31(17-20)22-12-13-25-26(15-22)35-18-34-25/h4-13,15,20H,14,16-18H2,1-3H3. The van der Waals surface area contributed by atoms with E-state index >= 15 is 0 Å². The van der Waals surface area contributed by atoms with E-state index in [-0.39, 0.29) is 24.0 Å². The van der Waals surface area contributed by atoms with Crippen molar-refractivity contribution < 1.29 is 14.3 Å².